The van der Waals surface area contributed by atoms with Crippen molar-refractivity contribution in [3.63, 3.8) is 0 Å². The van der Waals surface area contributed by atoms with Gasteiger partial charge >= 0.3 is 12.1 Å². The molecular formula is C22H25N5O4. The lowest BCUT2D eigenvalue weighted by atomic mass is 9.93. The second-order valence-electron chi connectivity index (χ2n) is 7.72. The lowest BCUT2D eigenvalue weighted by Gasteiger charge is -2.29. The van der Waals surface area contributed by atoms with Crippen LogP contribution in [0.1, 0.15) is 26.3 Å². The summed E-state index contributed by atoms with van der Waals surface area (Å²) in [6.45, 7) is 5.37. The minimum Gasteiger partial charge on any atom is -0.481 e. The Labute approximate surface area is 180 Å². The second kappa shape index (κ2) is 9.38. The number of carbonyl (C=O) groups is 2. The van der Waals surface area contributed by atoms with Gasteiger partial charge in [-0.1, -0.05) is 48.5 Å². The molecule has 3 rings (SSSR count). The third-order valence-corrected chi connectivity index (χ3v) is 4.84. The lowest BCUT2D eigenvalue weighted by Crippen LogP contribution is -2.42. The zero-order valence-corrected chi connectivity index (χ0v) is 17.7. The van der Waals surface area contributed by atoms with Crippen LogP contribution in [0.4, 0.5) is 4.79 Å². The monoisotopic (exact) mass is 423 g/mol. The molecule has 0 aliphatic rings. The van der Waals surface area contributed by atoms with E-state index in [4.69, 9.17) is 4.74 Å². The number of aromatic amines is 1. The summed E-state index contributed by atoms with van der Waals surface area (Å²) < 4.78 is 5.12. The van der Waals surface area contributed by atoms with Crippen LogP contribution in [0.25, 0.3) is 22.5 Å². The van der Waals surface area contributed by atoms with Gasteiger partial charge in [-0.3, -0.25) is 4.79 Å². The molecule has 0 saturated heterocycles. The summed E-state index contributed by atoms with van der Waals surface area (Å²) in [5.41, 5.74) is 2.51. The molecule has 9 heteroatoms. The smallest absolute Gasteiger partial charge is 0.410 e. The predicted molar refractivity (Wildman–Crippen MR) is 114 cm³/mol. The SMILES string of the molecule is CCOC(=O)N(Cc1ccc(-c2ccccc2-c2nn[nH]n2)cc1)CC(C)(C)C(=O)O. The molecule has 0 aliphatic heterocycles. The molecule has 0 aliphatic carbocycles. The van der Waals surface area contributed by atoms with E-state index in [0.29, 0.717) is 5.82 Å². The van der Waals surface area contributed by atoms with Crippen molar-refractivity contribution in [1.82, 2.24) is 25.5 Å². The molecule has 0 atom stereocenters. The Morgan fingerprint density at radius 3 is 2.35 bits per heavy atom. The highest BCUT2D eigenvalue weighted by atomic mass is 16.6. The summed E-state index contributed by atoms with van der Waals surface area (Å²) in [7, 11) is 0. The van der Waals surface area contributed by atoms with Gasteiger partial charge < -0.3 is 14.7 Å². The first-order chi connectivity index (χ1) is 14.8. The van der Waals surface area contributed by atoms with Crippen molar-refractivity contribution >= 4 is 12.1 Å². The van der Waals surface area contributed by atoms with Crippen LogP contribution in [0, 0.1) is 5.41 Å². The summed E-state index contributed by atoms with van der Waals surface area (Å²) in [5.74, 6) is -0.473. The zero-order chi connectivity index (χ0) is 22.4. The number of H-pyrrole nitrogens is 1. The van der Waals surface area contributed by atoms with Crippen LogP contribution >= 0.6 is 0 Å². The van der Waals surface area contributed by atoms with Crippen molar-refractivity contribution in [2.75, 3.05) is 13.2 Å². The number of tetrazole rings is 1. The van der Waals surface area contributed by atoms with E-state index >= 15 is 0 Å². The van der Waals surface area contributed by atoms with Crippen LogP contribution in [0.15, 0.2) is 48.5 Å². The van der Waals surface area contributed by atoms with E-state index < -0.39 is 17.5 Å². The molecule has 1 amide bonds. The normalized spacial score (nSPS) is 11.2. The summed E-state index contributed by atoms with van der Waals surface area (Å²) in [5, 5.41) is 23.7. The molecule has 1 aromatic heterocycles. The van der Waals surface area contributed by atoms with Crippen molar-refractivity contribution in [2.24, 2.45) is 5.41 Å². The fraction of sp³-hybridized carbons (Fsp3) is 0.318. The van der Waals surface area contributed by atoms with Gasteiger partial charge in [-0.05, 0) is 42.7 Å². The number of ether oxygens (including phenoxy) is 1. The first-order valence-corrected chi connectivity index (χ1v) is 9.89. The summed E-state index contributed by atoms with van der Waals surface area (Å²) in [6, 6.07) is 15.4. The average molecular weight is 423 g/mol. The Hall–Kier alpha value is -3.75. The Morgan fingerprint density at radius 1 is 1.10 bits per heavy atom. The molecule has 0 saturated carbocycles. The van der Waals surface area contributed by atoms with E-state index in [1.54, 1.807) is 20.8 Å². The number of nitrogens with one attached hydrogen (secondary N) is 1. The van der Waals surface area contributed by atoms with Crippen LogP contribution in [0.3, 0.4) is 0 Å². The molecular weight excluding hydrogens is 398 g/mol. The van der Waals surface area contributed by atoms with Crippen LogP contribution in [0.2, 0.25) is 0 Å². The highest BCUT2D eigenvalue weighted by Crippen LogP contribution is 2.30. The molecule has 162 valence electrons. The van der Waals surface area contributed by atoms with E-state index in [1.807, 2.05) is 48.5 Å². The zero-order valence-electron chi connectivity index (χ0n) is 17.7. The molecule has 0 fully saturated rings. The highest BCUT2D eigenvalue weighted by Gasteiger charge is 2.32. The van der Waals surface area contributed by atoms with Crippen LogP contribution in [-0.2, 0) is 16.1 Å². The van der Waals surface area contributed by atoms with E-state index in [2.05, 4.69) is 20.6 Å². The van der Waals surface area contributed by atoms with E-state index in [0.717, 1.165) is 22.3 Å². The van der Waals surface area contributed by atoms with Gasteiger partial charge in [-0.2, -0.15) is 5.21 Å². The van der Waals surface area contributed by atoms with Gasteiger partial charge in [0.1, 0.15) is 0 Å². The van der Waals surface area contributed by atoms with Crippen LogP contribution in [-0.4, -0.2) is 55.8 Å². The average Bonchev–Trinajstić information content (AvgIpc) is 3.28. The molecule has 2 N–H and O–H groups in total. The van der Waals surface area contributed by atoms with Gasteiger partial charge in [0.2, 0.25) is 5.82 Å². The molecule has 0 unspecified atom stereocenters. The molecule has 3 aromatic rings. The number of rotatable bonds is 8. The summed E-state index contributed by atoms with van der Waals surface area (Å²) in [4.78, 5) is 25.3. The number of carbonyl (C=O) groups excluding carboxylic acids is 1. The Balaban J connectivity index is 1.83. The van der Waals surface area contributed by atoms with Gasteiger partial charge in [0.05, 0.1) is 12.0 Å². The second-order valence-corrected chi connectivity index (χ2v) is 7.72. The van der Waals surface area contributed by atoms with Crippen molar-refractivity contribution in [2.45, 2.75) is 27.3 Å². The number of nitrogens with zero attached hydrogens (tertiary/aromatic N) is 4. The van der Waals surface area contributed by atoms with Crippen LogP contribution < -0.4 is 0 Å². The van der Waals surface area contributed by atoms with Crippen molar-refractivity contribution < 1.29 is 19.4 Å². The molecule has 0 radical (unpaired) electrons. The predicted octanol–water partition coefficient (Wildman–Crippen LogP) is 3.60. The van der Waals surface area contributed by atoms with E-state index in [1.165, 1.54) is 4.90 Å². The number of hydrogen-bond donors (Lipinski definition) is 2. The van der Waals surface area contributed by atoms with Gasteiger partial charge in [0, 0.05) is 18.7 Å². The summed E-state index contributed by atoms with van der Waals surface area (Å²) in [6.07, 6.45) is -0.539. The number of benzene rings is 2. The number of aliphatic carboxylic acids is 1. The minimum atomic E-state index is -1.10. The molecule has 0 bridgehead atoms. The standard InChI is InChI=1S/C22H25N5O4/c1-4-31-21(30)27(14-22(2,3)20(28)29)13-15-9-11-16(12-10-15)17-7-5-6-8-18(17)19-23-25-26-24-19/h5-12H,4,13-14H2,1-3H3,(H,28,29)(H,23,24,25,26). The molecule has 1 heterocycles. The fourth-order valence-corrected chi connectivity index (χ4v) is 3.16. The molecule has 2 aromatic carbocycles. The number of carboxylic acid groups (broad SMARTS) is 1. The topological polar surface area (TPSA) is 121 Å². The maximum atomic E-state index is 12.4. The minimum absolute atomic E-state index is 0.0313. The highest BCUT2D eigenvalue weighted by molar-refractivity contribution is 5.80. The quantitative estimate of drug-likeness (QED) is 0.568. The van der Waals surface area contributed by atoms with Gasteiger partial charge in [-0.15, -0.1) is 10.2 Å². The molecule has 9 nitrogen and oxygen atoms in total. The van der Waals surface area contributed by atoms with Gasteiger partial charge in [0.15, 0.2) is 0 Å². The number of hydrogen-bond acceptors (Lipinski definition) is 6. The van der Waals surface area contributed by atoms with Gasteiger partial charge in [-0.25, -0.2) is 4.79 Å². The van der Waals surface area contributed by atoms with Crippen molar-refractivity contribution in [3.05, 3.63) is 54.1 Å². The Bertz CT molecular complexity index is 1030. The third-order valence-electron chi connectivity index (χ3n) is 4.84. The maximum Gasteiger partial charge on any atom is 0.410 e. The molecule has 0 spiro atoms. The maximum absolute atomic E-state index is 12.4. The number of amides is 1. The third kappa shape index (κ3) is 5.25. The van der Waals surface area contributed by atoms with Crippen molar-refractivity contribution in [3.8, 4) is 22.5 Å². The van der Waals surface area contributed by atoms with Gasteiger partial charge in [0.25, 0.3) is 0 Å². The Kier molecular flexibility index (Phi) is 6.64. The number of aromatic nitrogens is 4. The summed E-state index contributed by atoms with van der Waals surface area (Å²) >= 11 is 0. The van der Waals surface area contributed by atoms with E-state index in [-0.39, 0.29) is 19.7 Å². The van der Waals surface area contributed by atoms with Crippen LogP contribution in [0.5, 0.6) is 0 Å². The number of carboxylic acids is 1. The van der Waals surface area contributed by atoms with E-state index in [9.17, 15) is 14.7 Å². The molecule has 31 heavy (non-hydrogen) atoms. The largest absolute Gasteiger partial charge is 0.481 e. The Morgan fingerprint density at radius 2 is 1.77 bits per heavy atom. The van der Waals surface area contributed by atoms with Crippen molar-refractivity contribution in [1.29, 1.82) is 0 Å². The lowest BCUT2D eigenvalue weighted by molar-refractivity contribution is -0.147. The first-order valence-electron chi connectivity index (χ1n) is 9.89. The first kappa shape index (κ1) is 21.9. The fourth-order valence-electron chi connectivity index (χ4n) is 3.16.